The molecule has 130 valence electrons. The van der Waals surface area contributed by atoms with Gasteiger partial charge in [-0.3, -0.25) is 4.79 Å². The molecule has 1 N–H and O–H groups in total. The first kappa shape index (κ1) is 22.0. The van der Waals surface area contributed by atoms with Crippen molar-refractivity contribution >= 4 is 47.6 Å². The Morgan fingerprint density at radius 2 is 1.83 bits per heavy atom. The van der Waals surface area contributed by atoms with E-state index < -0.39 is 0 Å². The highest BCUT2D eigenvalue weighted by molar-refractivity contribution is 14.0. The maximum Gasteiger partial charge on any atom is 0.243 e. The normalized spacial score (nSPS) is 10.7. The fraction of sp³-hybridized carbons (Fsp3) is 0.500. The number of hydrogen-bond acceptors (Lipinski definition) is 3. The molecule has 1 aromatic carbocycles. The maximum absolute atomic E-state index is 11.7. The van der Waals surface area contributed by atoms with E-state index in [1.54, 1.807) is 30.8 Å². The molecule has 1 amide bonds. The van der Waals surface area contributed by atoms with E-state index in [2.05, 4.69) is 40.8 Å². The number of nitrogens with zero attached hydrogens (tertiary/aromatic N) is 3. The molecule has 1 rings (SSSR count). The van der Waals surface area contributed by atoms with Crippen LogP contribution >= 0.6 is 35.7 Å². The second-order valence-electron chi connectivity index (χ2n) is 5.16. The number of aliphatic imine (C=N–C) groups is 1. The van der Waals surface area contributed by atoms with Crippen molar-refractivity contribution in [2.45, 2.75) is 18.4 Å². The van der Waals surface area contributed by atoms with Gasteiger partial charge in [-0.15, -0.1) is 35.7 Å². The van der Waals surface area contributed by atoms with Gasteiger partial charge in [-0.05, 0) is 30.9 Å². The second kappa shape index (κ2) is 11.6. The van der Waals surface area contributed by atoms with Crippen LogP contribution in [0.4, 0.5) is 0 Å². The molecule has 23 heavy (non-hydrogen) atoms. The number of amides is 1. The van der Waals surface area contributed by atoms with Gasteiger partial charge in [0.15, 0.2) is 5.96 Å². The highest BCUT2D eigenvalue weighted by atomic mass is 127. The molecule has 0 aliphatic carbocycles. The zero-order valence-electron chi connectivity index (χ0n) is 14.5. The Kier molecular flexibility index (Phi) is 11.1. The molecule has 0 unspecified atom stereocenters. The van der Waals surface area contributed by atoms with Crippen LogP contribution in [-0.4, -0.2) is 62.2 Å². The fourth-order valence-corrected chi connectivity index (χ4v) is 2.24. The van der Waals surface area contributed by atoms with Gasteiger partial charge < -0.3 is 15.1 Å². The Morgan fingerprint density at radius 3 is 2.30 bits per heavy atom. The Bertz CT molecular complexity index is 505. The molecule has 5 nitrogen and oxygen atoms in total. The summed E-state index contributed by atoms with van der Waals surface area (Å²) in [5.74, 6) is 0.736. The SMILES string of the molecule is CCNC(=NCC(=O)N(C)C)N(C)Cc1ccc(SC)cc1.I. The number of carbonyl (C=O) groups excluding carboxylic acids is 1. The summed E-state index contributed by atoms with van der Waals surface area (Å²) in [6.45, 7) is 3.69. The third-order valence-corrected chi connectivity index (χ3v) is 3.88. The van der Waals surface area contributed by atoms with Gasteiger partial charge in [0.05, 0.1) is 0 Å². The molecule has 0 saturated heterocycles. The first-order valence-electron chi connectivity index (χ1n) is 7.30. The Balaban J connectivity index is 0.00000484. The minimum atomic E-state index is -0.00636. The van der Waals surface area contributed by atoms with Gasteiger partial charge in [0, 0.05) is 39.1 Å². The lowest BCUT2D eigenvalue weighted by atomic mass is 10.2. The molecule has 0 heterocycles. The highest BCUT2D eigenvalue weighted by Crippen LogP contribution is 2.15. The Labute approximate surface area is 160 Å². The molecule has 0 aliphatic rings. The third kappa shape index (κ3) is 7.92. The van der Waals surface area contributed by atoms with Gasteiger partial charge in [0.2, 0.25) is 5.91 Å². The quantitative estimate of drug-likeness (QED) is 0.313. The molecule has 0 radical (unpaired) electrons. The third-order valence-electron chi connectivity index (χ3n) is 3.14. The van der Waals surface area contributed by atoms with Gasteiger partial charge in [0.1, 0.15) is 6.54 Å². The number of hydrogen-bond donors (Lipinski definition) is 1. The molecule has 0 aliphatic heterocycles. The van der Waals surface area contributed by atoms with Crippen LogP contribution < -0.4 is 5.32 Å². The lowest BCUT2D eigenvalue weighted by Crippen LogP contribution is -2.39. The van der Waals surface area contributed by atoms with Crippen LogP contribution in [0.5, 0.6) is 0 Å². The molecule has 0 saturated carbocycles. The largest absolute Gasteiger partial charge is 0.357 e. The van der Waals surface area contributed by atoms with Crippen molar-refractivity contribution in [1.82, 2.24) is 15.1 Å². The number of likely N-dealkylation sites (N-methyl/N-ethyl adjacent to an activating group) is 1. The molecule has 0 spiro atoms. The predicted molar refractivity (Wildman–Crippen MR) is 110 cm³/mol. The number of halogens is 1. The van der Waals surface area contributed by atoms with Gasteiger partial charge in [-0.25, -0.2) is 4.99 Å². The van der Waals surface area contributed by atoms with Gasteiger partial charge in [-0.2, -0.15) is 0 Å². The van der Waals surface area contributed by atoms with E-state index in [1.165, 1.54) is 10.5 Å². The van der Waals surface area contributed by atoms with Crippen molar-refractivity contribution in [2.24, 2.45) is 4.99 Å². The fourth-order valence-electron chi connectivity index (χ4n) is 1.83. The van der Waals surface area contributed by atoms with E-state index in [9.17, 15) is 4.79 Å². The van der Waals surface area contributed by atoms with Crippen LogP contribution in [0.2, 0.25) is 0 Å². The molecule has 0 aromatic heterocycles. The highest BCUT2D eigenvalue weighted by Gasteiger charge is 2.09. The smallest absolute Gasteiger partial charge is 0.243 e. The van der Waals surface area contributed by atoms with E-state index in [-0.39, 0.29) is 36.4 Å². The van der Waals surface area contributed by atoms with Crippen LogP contribution in [0.3, 0.4) is 0 Å². The lowest BCUT2D eigenvalue weighted by molar-refractivity contribution is -0.127. The zero-order valence-corrected chi connectivity index (χ0v) is 17.6. The number of carbonyl (C=O) groups is 1. The van der Waals surface area contributed by atoms with Crippen molar-refractivity contribution in [1.29, 1.82) is 0 Å². The minimum Gasteiger partial charge on any atom is -0.357 e. The predicted octanol–water partition coefficient (Wildman–Crippen LogP) is 2.51. The molecule has 1 aromatic rings. The average molecular weight is 450 g/mol. The van der Waals surface area contributed by atoms with Crippen molar-refractivity contribution in [3.63, 3.8) is 0 Å². The summed E-state index contributed by atoms with van der Waals surface area (Å²) in [6, 6.07) is 8.48. The zero-order chi connectivity index (χ0) is 16.5. The number of thioether (sulfide) groups is 1. The summed E-state index contributed by atoms with van der Waals surface area (Å²) < 4.78 is 0. The number of nitrogens with one attached hydrogen (secondary N) is 1. The monoisotopic (exact) mass is 450 g/mol. The van der Waals surface area contributed by atoms with E-state index in [0.29, 0.717) is 0 Å². The molecule has 0 bridgehead atoms. The van der Waals surface area contributed by atoms with Crippen molar-refractivity contribution < 1.29 is 4.79 Å². The molecular formula is C16H27IN4OS. The summed E-state index contributed by atoms with van der Waals surface area (Å²) in [4.78, 5) is 20.9. The molecular weight excluding hydrogens is 423 g/mol. The average Bonchev–Trinajstić information content (AvgIpc) is 2.51. The van der Waals surface area contributed by atoms with Crippen LogP contribution in [0, 0.1) is 0 Å². The minimum absolute atomic E-state index is 0. The Morgan fingerprint density at radius 1 is 1.22 bits per heavy atom. The number of benzene rings is 1. The summed E-state index contributed by atoms with van der Waals surface area (Å²) in [5.41, 5.74) is 1.21. The summed E-state index contributed by atoms with van der Waals surface area (Å²) in [5, 5.41) is 3.22. The van der Waals surface area contributed by atoms with Crippen molar-refractivity contribution in [2.75, 3.05) is 40.5 Å². The first-order chi connectivity index (χ1) is 10.5. The molecule has 0 fully saturated rings. The Hall–Kier alpha value is -0.960. The van der Waals surface area contributed by atoms with Gasteiger partial charge in [0.25, 0.3) is 0 Å². The summed E-state index contributed by atoms with van der Waals surface area (Å²) in [7, 11) is 5.45. The standard InChI is InChI=1S/C16H26N4OS.HI/c1-6-17-16(18-11-15(21)19(2)3)20(4)12-13-7-9-14(22-5)10-8-13;/h7-10H,6,11-12H2,1-5H3,(H,17,18);1H. The van der Waals surface area contributed by atoms with Gasteiger partial charge in [-0.1, -0.05) is 12.1 Å². The van der Waals surface area contributed by atoms with Crippen LogP contribution in [0.25, 0.3) is 0 Å². The maximum atomic E-state index is 11.7. The van der Waals surface area contributed by atoms with Crippen LogP contribution in [0.15, 0.2) is 34.2 Å². The number of rotatable bonds is 6. The van der Waals surface area contributed by atoms with Crippen LogP contribution in [-0.2, 0) is 11.3 Å². The van der Waals surface area contributed by atoms with E-state index in [1.807, 2.05) is 18.9 Å². The van der Waals surface area contributed by atoms with Gasteiger partial charge >= 0.3 is 0 Å². The lowest BCUT2D eigenvalue weighted by Gasteiger charge is -2.22. The van der Waals surface area contributed by atoms with E-state index in [4.69, 9.17) is 0 Å². The van der Waals surface area contributed by atoms with Crippen LogP contribution in [0.1, 0.15) is 12.5 Å². The molecule has 0 atom stereocenters. The number of guanidine groups is 1. The molecule has 7 heteroatoms. The first-order valence-corrected chi connectivity index (χ1v) is 8.53. The van der Waals surface area contributed by atoms with Crippen molar-refractivity contribution in [3.05, 3.63) is 29.8 Å². The topological polar surface area (TPSA) is 47.9 Å². The van der Waals surface area contributed by atoms with Crippen molar-refractivity contribution in [3.8, 4) is 0 Å². The van der Waals surface area contributed by atoms with E-state index in [0.717, 1.165) is 19.0 Å². The van der Waals surface area contributed by atoms with E-state index >= 15 is 0 Å². The summed E-state index contributed by atoms with van der Waals surface area (Å²) >= 11 is 1.73. The second-order valence-corrected chi connectivity index (χ2v) is 6.04. The summed E-state index contributed by atoms with van der Waals surface area (Å²) in [6.07, 6.45) is 2.07.